The minimum absolute atomic E-state index is 0.0223. The number of hydrogen-bond donors (Lipinski definition) is 0. The molecule has 0 saturated carbocycles. The summed E-state index contributed by atoms with van der Waals surface area (Å²) in [5.41, 5.74) is 0.448. The molecule has 0 bridgehead atoms. The highest BCUT2D eigenvalue weighted by molar-refractivity contribution is 5.98. The summed E-state index contributed by atoms with van der Waals surface area (Å²) in [4.78, 5) is 28.7. The van der Waals surface area contributed by atoms with Gasteiger partial charge in [0.15, 0.2) is 17.4 Å². The van der Waals surface area contributed by atoms with Crippen LogP contribution in [-0.2, 0) is 11.4 Å². The van der Waals surface area contributed by atoms with Gasteiger partial charge in [-0.05, 0) is 37.5 Å². The Balaban J connectivity index is 1.52. The topological polar surface area (TPSA) is 49.9 Å². The lowest BCUT2D eigenvalue weighted by molar-refractivity contribution is -0.135. The molecule has 0 aromatic heterocycles. The maximum atomic E-state index is 14.6. The summed E-state index contributed by atoms with van der Waals surface area (Å²) in [7, 11) is 0. The number of likely N-dealkylation sites (tertiary alicyclic amines) is 2. The lowest BCUT2D eigenvalue weighted by Crippen LogP contribution is -2.48. The van der Waals surface area contributed by atoms with Crippen molar-refractivity contribution in [2.45, 2.75) is 51.0 Å². The van der Waals surface area contributed by atoms with E-state index >= 15 is 0 Å². The van der Waals surface area contributed by atoms with Crippen molar-refractivity contribution in [1.82, 2.24) is 9.80 Å². The SMILES string of the molecule is C[C@@H]1CCCN1C(=O)[C@@H]1CC(F)CN1C(=O)c1cc(F)c(OCc2ccccc2)c(F)c1. The highest BCUT2D eigenvalue weighted by Gasteiger charge is 2.43. The van der Waals surface area contributed by atoms with E-state index in [-0.39, 0.29) is 37.1 Å². The first kappa shape index (κ1) is 22.2. The number of hydrogen-bond acceptors (Lipinski definition) is 3. The third-order valence-electron chi connectivity index (χ3n) is 6.10. The molecule has 170 valence electrons. The van der Waals surface area contributed by atoms with E-state index in [1.807, 2.05) is 13.0 Å². The standard InChI is InChI=1S/C24H25F3N2O3/c1-15-6-5-9-28(15)24(31)21-12-18(25)13-29(21)23(30)17-10-19(26)22(20(27)11-17)32-14-16-7-3-2-4-8-16/h2-4,7-8,10-11,15,18,21H,5-6,9,12-14H2,1H3/t15-,18?,21+/m1/s1. The number of nitrogens with zero attached hydrogens (tertiary/aromatic N) is 2. The average Bonchev–Trinajstić information content (AvgIpc) is 3.38. The van der Waals surface area contributed by atoms with Crippen molar-refractivity contribution < 1.29 is 27.5 Å². The summed E-state index contributed by atoms with van der Waals surface area (Å²) in [6.45, 7) is 2.15. The molecule has 1 unspecified atom stereocenters. The molecule has 2 amide bonds. The van der Waals surface area contributed by atoms with Gasteiger partial charge in [0.2, 0.25) is 5.91 Å². The molecule has 3 atom stereocenters. The third kappa shape index (κ3) is 4.45. The molecule has 2 aromatic rings. The molecular weight excluding hydrogens is 421 g/mol. The molecule has 0 radical (unpaired) electrons. The summed E-state index contributed by atoms with van der Waals surface area (Å²) in [5, 5.41) is 0. The summed E-state index contributed by atoms with van der Waals surface area (Å²) in [6, 6.07) is 9.68. The molecule has 0 spiro atoms. The van der Waals surface area contributed by atoms with Gasteiger partial charge < -0.3 is 14.5 Å². The molecule has 2 heterocycles. The van der Waals surface area contributed by atoms with Crippen molar-refractivity contribution in [3.63, 3.8) is 0 Å². The molecule has 2 saturated heterocycles. The maximum Gasteiger partial charge on any atom is 0.254 e. The Hall–Kier alpha value is -3.03. The lowest BCUT2D eigenvalue weighted by Gasteiger charge is -2.30. The van der Waals surface area contributed by atoms with Crippen LogP contribution in [0.1, 0.15) is 42.1 Å². The van der Waals surface area contributed by atoms with Gasteiger partial charge in [0, 0.05) is 24.6 Å². The summed E-state index contributed by atoms with van der Waals surface area (Å²) >= 11 is 0. The predicted octanol–water partition coefficient (Wildman–Crippen LogP) is 4.11. The second-order valence-electron chi connectivity index (χ2n) is 8.37. The summed E-state index contributed by atoms with van der Waals surface area (Å²) < 4.78 is 48.7. The zero-order valence-corrected chi connectivity index (χ0v) is 17.8. The van der Waals surface area contributed by atoms with Crippen molar-refractivity contribution in [3.8, 4) is 5.75 Å². The fourth-order valence-electron chi connectivity index (χ4n) is 4.41. The minimum atomic E-state index is -1.37. The summed E-state index contributed by atoms with van der Waals surface area (Å²) in [6.07, 6.45) is 0.227. The number of rotatable bonds is 5. The molecule has 0 aliphatic carbocycles. The van der Waals surface area contributed by atoms with Crippen LogP contribution in [0.4, 0.5) is 13.2 Å². The molecule has 2 aliphatic rings. The molecule has 5 nitrogen and oxygen atoms in total. The van der Waals surface area contributed by atoms with E-state index in [2.05, 4.69) is 0 Å². The first-order chi connectivity index (χ1) is 15.3. The van der Waals surface area contributed by atoms with Gasteiger partial charge in [-0.1, -0.05) is 30.3 Å². The highest BCUT2D eigenvalue weighted by atomic mass is 19.1. The van der Waals surface area contributed by atoms with Gasteiger partial charge in [-0.2, -0.15) is 0 Å². The minimum Gasteiger partial charge on any atom is -0.483 e. The molecule has 8 heteroatoms. The molecule has 0 N–H and O–H groups in total. The van der Waals surface area contributed by atoms with E-state index in [0.29, 0.717) is 6.54 Å². The van der Waals surface area contributed by atoms with Gasteiger partial charge in [-0.3, -0.25) is 9.59 Å². The fourth-order valence-corrected chi connectivity index (χ4v) is 4.41. The van der Waals surface area contributed by atoms with E-state index in [9.17, 15) is 22.8 Å². The van der Waals surface area contributed by atoms with E-state index < -0.39 is 35.5 Å². The monoisotopic (exact) mass is 446 g/mol. The van der Waals surface area contributed by atoms with Crippen molar-refractivity contribution in [2.75, 3.05) is 13.1 Å². The van der Waals surface area contributed by atoms with Gasteiger partial charge >= 0.3 is 0 Å². The van der Waals surface area contributed by atoms with Crippen LogP contribution in [0.2, 0.25) is 0 Å². The lowest BCUT2D eigenvalue weighted by atomic mass is 10.1. The number of ether oxygens (including phenoxy) is 1. The molecule has 2 fully saturated rings. The van der Waals surface area contributed by atoms with Crippen LogP contribution in [0.25, 0.3) is 0 Å². The number of amides is 2. The van der Waals surface area contributed by atoms with E-state index in [1.54, 1.807) is 29.2 Å². The van der Waals surface area contributed by atoms with Crippen LogP contribution >= 0.6 is 0 Å². The molecule has 2 aromatic carbocycles. The van der Waals surface area contributed by atoms with Crippen LogP contribution in [-0.4, -0.2) is 53.0 Å². The van der Waals surface area contributed by atoms with Gasteiger partial charge in [0.05, 0.1) is 6.54 Å². The normalized spacial score (nSPS) is 22.9. The predicted molar refractivity (Wildman–Crippen MR) is 112 cm³/mol. The molecule has 4 rings (SSSR count). The van der Waals surface area contributed by atoms with Gasteiger partial charge in [-0.25, -0.2) is 13.2 Å². The number of alkyl halides is 1. The molecule has 32 heavy (non-hydrogen) atoms. The van der Waals surface area contributed by atoms with Crippen LogP contribution in [0, 0.1) is 11.6 Å². The Kier molecular flexibility index (Phi) is 6.39. The van der Waals surface area contributed by atoms with Crippen LogP contribution < -0.4 is 4.74 Å². The van der Waals surface area contributed by atoms with E-state index in [0.717, 1.165) is 35.4 Å². The Morgan fingerprint density at radius 2 is 1.78 bits per heavy atom. The zero-order valence-electron chi connectivity index (χ0n) is 17.8. The number of benzene rings is 2. The van der Waals surface area contributed by atoms with E-state index in [4.69, 9.17) is 4.74 Å². The number of halogens is 3. The van der Waals surface area contributed by atoms with Crippen molar-refractivity contribution in [2.24, 2.45) is 0 Å². The largest absolute Gasteiger partial charge is 0.483 e. The highest BCUT2D eigenvalue weighted by Crippen LogP contribution is 2.30. The fraction of sp³-hybridized carbons (Fsp3) is 0.417. The second-order valence-corrected chi connectivity index (χ2v) is 8.37. The van der Waals surface area contributed by atoms with Crippen LogP contribution in [0.3, 0.4) is 0 Å². The zero-order chi connectivity index (χ0) is 22.8. The Labute approximate surface area is 184 Å². The van der Waals surface area contributed by atoms with Crippen LogP contribution in [0.5, 0.6) is 5.75 Å². The average molecular weight is 446 g/mol. The Morgan fingerprint density at radius 3 is 2.41 bits per heavy atom. The van der Waals surface area contributed by atoms with Gasteiger partial charge in [-0.15, -0.1) is 0 Å². The number of carbonyl (C=O) groups is 2. The van der Waals surface area contributed by atoms with E-state index in [1.165, 1.54) is 0 Å². The summed E-state index contributed by atoms with van der Waals surface area (Å²) in [5.74, 6) is -3.74. The number of carbonyl (C=O) groups excluding carboxylic acids is 2. The van der Waals surface area contributed by atoms with Gasteiger partial charge in [0.25, 0.3) is 5.91 Å². The maximum absolute atomic E-state index is 14.6. The Morgan fingerprint density at radius 1 is 1.09 bits per heavy atom. The smallest absolute Gasteiger partial charge is 0.254 e. The quantitative estimate of drug-likeness (QED) is 0.695. The van der Waals surface area contributed by atoms with Crippen molar-refractivity contribution >= 4 is 11.8 Å². The third-order valence-corrected chi connectivity index (χ3v) is 6.10. The molecule has 2 aliphatic heterocycles. The second kappa shape index (κ2) is 9.22. The van der Waals surface area contributed by atoms with Crippen molar-refractivity contribution in [1.29, 1.82) is 0 Å². The first-order valence-corrected chi connectivity index (χ1v) is 10.8. The van der Waals surface area contributed by atoms with Crippen molar-refractivity contribution in [3.05, 3.63) is 65.2 Å². The Bertz CT molecular complexity index is 978. The first-order valence-electron chi connectivity index (χ1n) is 10.8. The molecular formula is C24H25F3N2O3. The van der Waals surface area contributed by atoms with Crippen LogP contribution in [0.15, 0.2) is 42.5 Å². The van der Waals surface area contributed by atoms with Gasteiger partial charge in [0.1, 0.15) is 18.8 Å².